The highest BCUT2D eigenvalue weighted by Crippen LogP contribution is 2.34. The maximum Gasteiger partial charge on any atom is 0.263 e. The predicted molar refractivity (Wildman–Crippen MR) is 108 cm³/mol. The molecular weight excluding hydrogens is 356 g/mol. The molecule has 1 aromatic heterocycles. The number of rotatable bonds is 4. The number of nitrogens with zero attached hydrogens (tertiary/aromatic N) is 1. The first-order valence-corrected chi connectivity index (χ1v) is 10.5. The van der Waals surface area contributed by atoms with Crippen molar-refractivity contribution in [2.24, 2.45) is 11.8 Å². The van der Waals surface area contributed by atoms with Crippen LogP contribution in [0.5, 0.6) is 0 Å². The van der Waals surface area contributed by atoms with E-state index < -0.39 is 0 Å². The first-order valence-electron chi connectivity index (χ1n) is 10.5. The van der Waals surface area contributed by atoms with Gasteiger partial charge in [-0.3, -0.25) is 9.59 Å². The minimum Gasteiger partial charge on any atom is -0.379 e. The van der Waals surface area contributed by atoms with Crippen LogP contribution in [0, 0.1) is 18.8 Å². The molecule has 154 valence electrons. The molecule has 28 heavy (non-hydrogen) atoms. The van der Waals surface area contributed by atoms with Crippen molar-refractivity contribution in [1.82, 2.24) is 20.5 Å². The van der Waals surface area contributed by atoms with E-state index >= 15 is 0 Å². The molecule has 3 fully saturated rings. The lowest BCUT2D eigenvalue weighted by Crippen LogP contribution is -2.51. The normalized spacial score (nSPS) is 30.8. The molecule has 1 aromatic rings. The van der Waals surface area contributed by atoms with Crippen molar-refractivity contribution in [3.8, 4) is 0 Å². The summed E-state index contributed by atoms with van der Waals surface area (Å²) in [4.78, 5) is 26.3. The zero-order valence-corrected chi connectivity index (χ0v) is 16.9. The monoisotopic (exact) mass is 388 g/mol. The summed E-state index contributed by atoms with van der Waals surface area (Å²) in [6.07, 6.45) is 5.52. The summed E-state index contributed by atoms with van der Waals surface area (Å²) >= 11 is 0. The fourth-order valence-corrected chi connectivity index (χ4v) is 5.22. The van der Waals surface area contributed by atoms with Crippen molar-refractivity contribution in [3.63, 3.8) is 0 Å². The Balaban J connectivity index is 1.54. The first-order chi connectivity index (χ1) is 13.6. The second-order valence-electron chi connectivity index (χ2n) is 8.57. The molecular formula is C21H32N4O3. The maximum atomic E-state index is 13.1. The van der Waals surface area contributed by atoms with E-state index in [0.717, 1.165) is 57.4 Å². The van der Waals surface area contributed by atoms with E-state index in [1.807, 2.05) is 19.2 Å². The molecule has 3 aliphatic rings. The number of hydrogen-bond acceptors (Lipinski definition) is 5. The fourth-order valence-electron chi connectivity index (χ4n) is 5.22. The van der Waals surface area contributed by atoms with Gasteiger partial charge in [0.15, 0.2) is 0 Å². The molecule has 0 bridgehead atoms. The number of amides is 1. The molecule has 2 saturated heterocycles. The molecule has 7 nitrogen and oxygen atoms in total. The number of aromatic nitrogens is 1. The largest absolute Gasteiger partial charge is 0.379 e. The third-order valence-corrected chi connectivity index (χ3v) is 6.90. The number of aryl methyl sites for hydroxylation is 1. The SMILES string of the molecule is CO[C@H]1C[C@@H]2CNC[C@@H]2C[C@@H]1NC(=O)c1c(C)ccn(C2CCNCC2)c1=O. The standard InChI is InChI=1S/C21H32N4O3/c1-13-5-8-25(16-3-6-22-7-4-16)21(27)19(13)20(26)24-17-9-14-11-23-12-15(14)10-18(17)28-2/h5,8,14-18,22-23H,3-4,6-7,9-12H2,1-2H3,(H,24,26)/t14-,15+,17-,18-/m0/s1. The van der Waals surface area contributed by atoms with E-state index in [9.17, 15) is 9.59 Å². The Bertz CT molecular complexity index is 771. The zero-order chi connectivity index (χ0) is 19.7. The van der Waals surface area contributed by atoms with Crippen LogP contribution in [0.2, 0.25) is 0 Å². The van der Waals surface area contributed by atoms with Crippen LogP contribution in [-0.2, 0) is 4.74 Å². The third-order valence-electron chi connectivity index (χ3n) is 6.90. The number of pyridine rings is 1. The maximum absolute atomic E-state index is 13.1. The van der Waals surface area contributed by atoms with Crippen LogP contribution in [0.3, 0.4) is 0 Å². The quantitative estimate of drug-likeness (QED) is 0.711. The highest BCUT2D eigenvalue weighted by atomic mass is 16.5. The van der Waals surface area contributed by atoms with Crippen molar-refractivity contribution in [3.05, 3.63) is 33.7 Å². The Labute approximate surface area is 166 Å². The third kappa shape index (κ3) is 3.75. The van der Waals surface area contributed by atoms with E-state index in [-0.39, 0.29) is 35.2 Å². The van der Waals surface area contributed by atoms with Gasteiger partial charge in [0.25, 0.3) is 11.5 Å². The number of ether oxygens (including phenoxy) is 1. The van der Waals surface area contributed by atoms with Gasteiger partial charge in [-0.05, 0) is 82.3 Å². The van der Waals surface area contributed by atoms with Gasteiger partial charge < -0.3 is 25.3 Å². The molecule has 3 N–H and O–H groups in total. The molecule has 3 heterocycles. The van der Waals surface area contributed by atoms with Gasteiger partial charge in [0.1, 0.15) is 5.56 Å². The summed E-state index contributed by atoms with van der Waals surface area (Å²) in [6.45, 7) is 5.68. The van der Waals surface area contributed by atoms with Gasteiger partial charge in [0.05, 0.1) is 12.1 Å². The molecule has 2 aliphatic heterocycles. The minimum atomic E-state index is -0.262. The van der Waals surface area contributed by atoms with E-state index in [1.165, 1.54) is 0 Å². The van der Waals surface area contributed by atoms with E-state index in [1.54, 1.807) is 11.7 Å². The summed E-state index contributed by atoms with van der Waals surface area (Å²) < 4.78 is 7.45. The number of carbonyl (C=O) groups is 1. The number of piperidine rings is 1. The molecule has 4 atom stereocenters. The van der Waals surface area contributed by atoms with Gasteiger partial charge in [-0.25, -0.2) is 0 Å². The molecule has 0 radical (unpaired) electrons. The fraction of sp³-hybridized carbons (Fsp3) is 0.714. The van der Waals surface area contributed by atoms with Gasteiger partial charge in [0.2, 0.25) is 0 Å². The Morgan fingerprint density at radius 2 is 1.89 bits per heavy atom. The first kappa shape index (κ1) is 19.6. The Morgan fingerprint density at radius 1 is 1.18 bits per heavy atom. The summed E-state index contributed by atoms with van der Waals surface area (Å²) in [6, 6.07) is 2.00. The second-order valence-corrected chi connectivity index (χ2v) is 8.57. The van der Waals surface area contributed by atoms with E-state index in [4.69, 9.17) is 4.74 Å². The van der Waals surface area contributed by atoms with Gasteiger partial charge >= 0.3 is 0 Å². The van der Waals surface area contributed by atoms with Crippen LogP contribution >= 0.6 is 0 Å². The van der Waals surface area contributed by atoms with Crippen molar-refractivity contribution in [2.45, 2.75) is 50.8 Å². The highest BCUT2D eigenvalue weighted by Gasteiger charge is 2.40. The van der Waals surface area contributed by atoms with Crippen molar-refractivity contribution >= 4 is 5.91 Å². The summed E-state index contributed by atoms with van der Waals surface area (Å²) in [7, 11) is 1.71. The summed E-state index contributed by atoms with van der Waals surface area (Å²) in [5.74, 6) is 0.927. The molecule has 0 spiro atoms. The number of methoxy groups -OCH3 is 1. The van der Waals surface area contributed by atoms with Gasteiger partial charge in [-0.1, -0.05) is 0 Å². The smallest absolute Gasteiger partial charge is 0.263 e. The Morgan fingerprint density at radius 3 is 2.61 bits per heavy atom. The molecule has 4 rings (SSSR count). The topological polar surface area (TPSA) is 84.4 Å². The highest BCUT2D eigenvalue weighted by molar-refractivity contribution is 5.95. The lowest BCUT2D eigenvalue weighted by Gasteiger charge is -2.37. The Hall–Kier alpha value is -1.70. The molecule has 0 unspecified atom stereocenters. The van der Waals surface area contributed by atoms with Gasteiger partial charge in [-0.2, -0.15) is 0 Å². The van der Waals surface area contributed by atoms with E-state index in [2.05, 4.69) is 16.0 Å². The van der Waals surface area contributed by atoms with Crippen LogP contribution < -0.4 is 21.5 Å². The molecule has 0 aromatic carbocycles. The van der Waals surface area contributed by atoms with Crippen molar-refractivity contribution < 1.29 is 9.53 Å². The average molecular weight is 389 g/mol. The van der Waals surface area contributed by atoms with Crippen LogP contribution in [0.4, 0.5) is 0 Å². The van der Waals surface area contributed by atoms with E-state index in [0.29, 0.717) is 11.8 Å². The van der Waals surface area contributed by atoms with Gasteiger partial charge in [-0.15, -0.1) is 0 Å². The van der Waals surface area contributed by atoms with Crippen LogP contribution in [0.15, 0.2) is 17.1 Å². The predicted octanol–water partition coefficient (Wildman–Crippen LogP) is 0.824. The van der Waals surface area contributed by atoms with Crippen LogP contribution in [-0.4, -0.2) is 55.9 Å². The van der Waals surface area contributed by atoms with Crippen LogP contribution in [0.1, 0.15) is 47.6 Å². The number of nitrogens with one attached hydrogen (secondary N) is 3. The molecule has 1 saturated carbocycles. The minimum absolute atomic E-state index is 0.000706. The molecule has 1 aliphatic carbocycles. The van der Waals surface area contributed by atoms with Gasteiger partial charge in [0, 0.05) is 19.3 Å². The number of hydrogen-bond donors (Lipinski definition) is 3. The number of fused-ring (bicyclic) bond motifs is 1. The number of carbonyl (C=O) groups excluding carboxylic acids is 1. The van der Waals surface area contributed by atoms with Crippen molar-refractivity contribution in [1.29, 1.82) is 0 Å². The molecule has 1 amide bonds. The zero-order valence-electron chi connectivity index (χ0n) is 16.9. The lowest BCUT2D eigenvalue weighted by molar-refractivity contribution is 0.0125. The average Bonchev–Trinajstić information content (AvgIpc) is 3.15. The Kier molecular flexibility index (Phi) is 5.85. The summed E-state index contributed by atoms with van der Waals surface area (Å²) in [5, 5.41) is 9.92. The summed E-state index contributed by atoms with van der Waals surface area (Å²) in [5.41, 5.74) is 0.843. The lowest BCUT2D eigenvalue weighted by atomic mass is 9.77. The molecule has 7 heteroatoms. The second kappa shape index (κ2) is 8.35. The van der Waals surface area contributed by atoms with Crippen molar-refractivity contribution in [2.75, 3.05) is 33.3 Å². The van der Waals surface area contributed by atoms with Crippen LogP contribution in [0.25, 0.3) is 0 Å².